The molecule has 0 fully saturated rings. The van der Waals surface area contributed by atoms with Gasteiger partial charge in [0.25, 0.3) is 5.91 Å². The maximum Gasteiger partial charge on any atom is 0.310 e. The summed E-state index contributed by atoms with van der Waals surface area (Å²) in [5.41, 5.74) is 4.10. The molecular formula is C20H21NO4. The molecule has 0 aromatic heterocycles. The van der Waals surface area contributed by atoms with Crippen LogP contribution in [0.15, 0.2) is 42.5 Å². The van der Waals surface area contributed by atoms with E-state index in [1.54, 1.807) is 19.2 Å². The largest absolute Gasteiger partial charge is 0.496 e. The van der Waals surface area contributed by atoms with E-state index in [9.17, 15) is 9.59 Å². The summed E-state index contributed by atoms with van der Waals surface area (Å²) in [7, 11) is 1.55. The third-order valence-electron chi connectivity index (χ3n) is 4.27. The van der Waals surface area contributed by atoms with Crippen LogP contribution in [0.5, 0.6) is 5.75 Å². The molecule has 2 aromatic carbocycles. The van der Waals surface area contributed by atoms with Gasteiger partial charge in [-0.25, -0.2) is 0 Å². The Morgan fingerprint density at radius 2 is 1.88 bits per heavy atom. The monoisotopic (exact) mass is 339 g/mol. The van der Waals surface area contributed by atoms with Crippen molar-refractivity contribution >= 4 is 17.6 Å². The molecular weight excluding hydrogens is 318 g/mol. The molecule has 0 atom stereocenters. The molecule has 2 aromatic rings. The molecule has 5 nitrogen and oxygen atoms in total. The molecule has 1 amide bonds. The lowest BCUT2D eigenvalue weighted by Gasteiger charge is -2.09. The third-order valence-corrected chi connectivity index (χ3v) is 4.27. The zero-order chi connectivity index (χ0) is 17.6. The van der Waals surface area contributed by atoms with Crippen molar-refractivity contribution in [2.75, 3.05) is 19.0 Å². The van der Waals surface area contributed by atoms with Crippen LogP contribution in [0.25, 0.3) is 0 Å². The molecule has 130 valence electrons. The van der Waals surface area contributed by atoms with Gasteiger partial charge >= 0.3 is 5.97 Å². The summed E-state index contributed by atoms with van der Waals surface area (Å²) in [4.78, 5) is 23.9. The van der Waals surface area contributed by atoms with E-state index in [4.69, 9.17) is 9.47 Å². The fraction of sp³-hybridized carbons (Fsp3) is 0.300. The lowest BCUT2D eigenvalue weighted by Crippen LogP contribution is -2.21. The number of hydrogen-bond acceptors (Lipinski definition) is 4. The number of para-hydroxylation sites is 1. The summed E-state index contributed by atoms with van der Waals surface area (Å²) in [6.45, 7) is -0.301. The fourth-order valence-corrected chi connectivity index (χ4v) is 3.05. The predicted molar refractivity (Wildman–Crippen MR) is 94.8 cm³/mol. The van der Waals surface area contributed by atoms with Gasteiger partial charge in [0.1, 0.15) is 5.75 Å². The lowest BCUT2D eigenvalue weighted by molar-refractivity contribution is -0.146. The summed E-state index contributed by atoms with van der Waals surface area (Å²) in [5, 5.41) is 2.77. The first-order chi connectivity index (χ1) is 12.2. The Morgan fingerprint density at radius 1 is 1.08 bits per heavy atom. The number of methoxy groups -OCH3 is 1. The van der Waals surface area contributed by atoms with Crippen LogP contribution in [0, 0.1) is 0 Å². The Balaban J connectivity index is 1.49. The van der Waals surface area contributed by atoms with Gasteiger partial charge in [-0.2, -0.15) is 0 Å². The van der Waals surface area contributed by atoms with Crippen molar-refractivity contribution in [1.82, 2.24) is 0 Å². The Kier molecular flexibility index (Phi) is 5.33. The van der Waals surface area contributed by atoms with Crippen molar-refractivity contribution in [2.45, 2.75) is 25.7 Å². The number of fused-ring (bicyclic) bond motifs is 1. The van der Waals surface area contributed by atoms with E-state index in [-0.39, 0.29) is 18.9 Å². The van der Waals surface area contributed by atoms with Crippen molar-refractivity contribution in [1.29, 1.82) is 0 Å². The Hall–Kier alpha value is -2.82. The molecule has 5 heteroatoms. The molecule has 3 rings (SSSR count). The second-order valence-electron chi connectivity index (χ2n) is 6.03. The first-order valence-corrected chi connectivity index (χ1v) is 8.35. The number of carbonyl (C=O) groups is 2. The molecule has 0 aliphatic heterocycles. The molecule has 0 bridgehead atoms. The summed E-state index contributed by atoms with van der Waals surface area (Å²) in [5.74, 6) is -0.179. The minimum Gasteiger partial charge on any atom is -0.496 e. The maximum atomic E-state index is 12.0. The zero-order valence-corrected chi connectivity index (χ0v) is 14.2. The summed E-state index contributed by atoms with van der Waals surface area (Å²) < 4.78 is 10.3. The van der Waals surface area contributed by atoms with Gasteiger partial charge < -0.3 is 14.8 Å². The molecule has 0 saturated carbocycles. The quantitative estimate of drug-likeness (QED) is 0.822. The van der Waals surface area contributed by atoms with Gasteiger partial charge in [0.15, 0.2) is 6.61 Å². The molecule has 0 radical (unpaired) electrons. The smallest absolute Gasteiger partial charge is 0.310 e. The van der Waals surface area contributed by atoms with Gasteiger partial charge in [-0.3, -0.25) is 9.59 Å². The number of carbonyl (C=O) groups excluding carboxylic acids is 2. The van der Waals surface area contributed by atoms with Crippen molar-refractivity contribution in [3.63, 3.8) is 0 Å². The number of aryl methyl sites for hydroxylation is 2. The van der Waals surface area contributed by atoms with Gasteiger partial charge in [0, 0.05) is 11.3 Å². The van der Waals surface area contributed by atoms with E-state index in [1.165, 1.54) is 11.1 Å². The highest BCUT2D eigenvalue weighted by Crippen LogP contribution is 2.24. The zero-order valence-electron chi connectivity index (χ0n) is 14.2. The lowest BCUT2D eigenvalue weighted by atomic mass is 10.1. The van der Waals surface area contributed by atoms with Crippen LogP contribution in [0.2, 0.25) is 0 Å². The van der Waals surface area contributed by atoms with E-state index in [1.807, 2.05) is 30.3 Å². The molecule has 25 heavy (non-hydrogen) atoms. The Morgan fingerprint density at radius 3 is 2.72 bits per heavy atom. The number of nitrogens with one attached hydrogen (secondary N) is 1. The molecule has 0 unspecified atom stereocenters. The van der Waals surface area contributed by atoms with Crippen molar-refractivity contribution in [2.24, 2.45) is 0 Å². The van der Waals surface area contributed by atoms with Crippen molar-refractivity contribution in [3.05, 3.63) is 59.2 Å². The average Bonchev–Trinajstić information content (AvgIpc) is 3.08. The van der Waals surface area contributed by atoms with E-state index in [0.717, 1.165) is 30.5 Å². The normalized spacial score (nSPS) is 12.4. The van der Waals surface area contributed by atoms with Gasteiger partial charge in [0.2, 0.25) is 0 Å². The van der Waals surface area contributed by atoms with Crippen molar-refractivity contribution < 1.29 is 19.1 Å². The summed E-state index contributed by atoms with van der Waals surface area (Å²) in [6.07, 6.45) is 3.38. The van der Waals surface area contributed by atoms with E-state index >= 15 is 0 Å². The van der Waals surface area contributed by atoms with Gasteiger partial charge in [-0.15, -0.1) is 0 Å². The summed E-state index contributed by atoms with van der Waals surface area (Å²) >= 11 is 0. The van der Waals surface area contributed by atoms with Gasteiger partial charge in [-0.05, 0) is 48.6 Å². The van der Waals surface area contributed by atoms with Gasteiger partial charge in [0.05, 0.1) is 13.5 Å². The number of hydrogen-bond donors (Lipinski definition) is 1. The fourth-order valence-electron chi connectivity index (χ4n) is 3.05. The highest BCUT2D eigenvalue weighted by molar-refractivity contribution is 5.93. The van der Waals surface area contributed by atoms with E-state index in [0.29, 0.717) is 5.75 Å². The van der Waals surface area contributed by atoms with E-state index < -0.39 is 5.97 Å². The Labute approximate surface area is 147 Å². The molecule has 1 aliphatic carbocycles. The Bertz CT molecular complexity index is 785. The minimum atomic E-state index is -0.464. The first-order valence-electron chi connectivity index (χ1n) is 8.35. The van der Waals surface area contributed by atoms with Crippen LogP contribution in [0.1, 0.15) is 23.1 Å². The molecule has 0 spiro atoms. The third kappa shape index (κ3) is 4.38. The minimum absolute atomic E-state index is 0.0656. The maximum absolute atomic E-state index is 12.0. The SMILES string of the molecule is COc1ccccc1CC(=O)OCC(=O)Nc1ccc2c(c1)CCC2. The van der Waals surface area contributed by atoms with E-state index in [2.05, 4.69) is 5.32 Å². The standard InChI is InChI=1S/C20H21NO4/c1-24-18-8-3-2-5-16(18)12-20(23)25-13-19(22)21-17-10-9-14-6-4-7-15(14)11-17/h2-3,5,8-11H,4,6-7,12-13H2,1H3,(H,21,22). The van der Waals surface area contributed by atoms with Crippen LogP contribution in [-0.2, 0) is 33.6 Å². The van der Waals surface area contributed by atoms with Crippen molar-refractivity contribution in [3.8, 4) is 5.75 Å². The number of ether oxygens (including phenoxy) is 2. The summed E-state index contributed by atoms with van der Waals surface area (Å²) in [6, 6.07) is 13.2. The molecule has 0 heterocycles. The number of rotatable bonds is 6. The number of amides is 1. The molecule has 1 N–H and O–H groups in total. The van der Waals surface area contributed by atoms with Crippen LogP contribution in [-0.4, -0.2) is 25.6 Å². The molecule has 0 saturated heterocycles. The first kappa shape index (κ1) is 17.0. The number of anilines is 1. The van der Waals surface area contributed by atoms with Crippen LogP contribution in [0.3, 0.4) is 0 Å². The van der Waals surface area contributed by atoms with Crippen LogP contribution < -0.4 is 10.1 Å². The highest BCUT2D eigenvalue weighted by Gasteiger charge is 2.14. The predicted octanol–water partition coefficient (Wildman–Crippen LogP) is 2.91. The van der Waals surface area contributed by atoms with Crippen LogP contribution in [0.4, 0.5) is 5.69 Å². The highest BCUT2D eigenvalue weighted by atomic mass is 16.5. The average molecular weight is 339 g/mol. The van der Waals surface area contributed by atoms with Crippen LogP contribution >= 0.6 is 0 Å². The van der Waals surface area contributed by atoms with Gasteiger partial charge in [-0.1, -0.05) is 24.3 Å². The number of benzene rings is 2. The molecule has 1 aliphatic rings. The topological polar surface area (TPSA) is 64.6 Å². The second kappa shape index (κ2) is 7.83. The second-order valence-corrected chi connectivity index (χ2v) is 6.03. The number of esters is 1.